The Bertz CT molecular complexity index is 402. The summed E-state index contributed by atoms with van der Waals surface area (Å²) >= 11 is 5.43. The van der Waals surface area contributed by atoms with Crippen LogP contribution in [0.5, 0.6) is 0 Å². The molecule has 1 rings (SSSR count). The van der Waals surface area contributed by atoms with Gasteiger partial charge in [0.15, 0.2) is 0 Å². The number of hydrogen-bond donors (Lipinski definition) is 2. The van der Waals surface area contributed by atoms with Crippen molar-refractivity contribution in [3.63, 3.8) is 0 Å². The third-order valence-electron chi connectivity index (χ3n) is 3.58. The van der Waals surface area contributed by atoms with E-state index in [0.717, 1.165) is 42.6 Å². The lowest BCUT2D eigenvalue weighted by Gasteiger charge is -2.30. The molecule has 0 aliphatic heterocycles. The van der Waals surface area contributed by atoms with Crippen LogP contribution in [0.3, 0.4) is 0 Å². The lowest BCUT2D eigenvalue weighted by Crippen LogP contribution is -2.32. The van der Waals surface area contributed by atoms with Crippen LogP contribution >= 0.6 is 27.7 Å². The Morgan fingerprint density at radius 2 is 1.95 bits per heavy atom. The first-order valence-corrected chi connectivity index (χ1v) is 9.18. The van der Waals surface area contributed by atoms with Crippen LogP contribution in [0, 0.1) is 0 Å². The second kappa shape index (κ2) is 8.72. The molecule has 0 aliphatic carbocycles. The number of anilines is 2. The number of halogens is 1. The largest absolute Gasteiger partial charge is 0.368 e. The summed E-state index contributed by atoms with van der Waals surface area (Å²) in [6.07, 6.45) is 7.32. The number of nitrogens with zero attached hydrogens (tertiary/aromatic N) is 2. The van der Waals surface area contributed by atoms with Crippen LogP contribution < -0.4 is 10.6 Å². The summed E-state index contributed by atoms with van der Waals surface area (Å²) in [5, 5.41) is 6.68. The van der Waals surface area contributed by atoms with Gasteiger partial charge >= 0.3 is 0 Å². The lowest BCUT2D eigenvalue weighted by molar-refractivity contribution is 0.574. The Labute approximate surface area is 135 Å². The predicted molar refractivity (Wildman–Crippen MR) is 93.8 cm³/mol. The monoisotopic (exact) mass is 360 g/mol. The third-order valence-corrected chi connectivity index (χ3v) is 5.74. The Balaban J connectivity index is 2.75. The van der Waals surface area contributed by atoms with Gasteiger partial charge in [-0.25, -0.2) is 4.98 Å². The van der Waals surface area contributed by atoms with Crippen molar-refractivity contribution in [1.29, 1.82) is 0 Å². The molecule has 114 valence electrons. The molecule has 0 atom stereocenters. The molecule has 0 radical (unpaired) electrons. The van der Waals surface area contributed by atoms with Crippen molar-refractivity contribution in [3.05, 3.63) is 10.7 Å². The first-order valence-electron chi connectivity index (χ1n) is 7.16. The summed E-state index contributed by atoms with van der Waals surface area (Å²) in [5.41, 5.74) is 0. The highest BCUT2D eigenvalue weighted by Gasteiger charge is 2.25. The van der Waals surface area contributed by atoms with Crippen LogP contribution in [0.1, 0.15) is 40.0 Å². The molecule has 2 N–H and O–H groups in total. The lowest BCUT2D eigenvalue weighted by atomic mass is 10.0. The maximum absolute atomic E-state index is 4.53. The van der Waals surface area contributed by atoms with E-state index in [4.69, 9.17) is 0 Å². The molecule has 0 spiro atoms. The van der Waals surface area contributed by atoms with Crippen molar-refractivity contribution in [2.45, 2.75) is 44.8 Å². The predicted octanol–water partition coefficient (Wildman–Crippen LogP) is 4.39. The molecule has 1 aromatic heterocycles. The highest BCUT2D eigenvalue weighted by molar-refractivity contribution is 9.10. The molecule has 4 nitrogen and oxygen atoms in total. The van der Waals surface area contributed by atoms with E-state index in [1.165, 1.54) is 0 Å². The number of thioether (sulfide) groups is 1. The summed E-state index contributed by atoms with van der Waals surface area (Å²) in [4.78, 5) is 8.79. The SMILES string of the molecule is CCCNc1ncc(Br)c(NCC(CC)(CC)SC)n1. The zero-order valence-corrected chi connectivity index (χ0v) is 15.2. The Morgan fingerprint density at radius 1 is 1.25 bits per heavy atom. The fourth-order valence-electron chi connectivity index (χ4n) is 1.92. The fraction of sp³-hybridized carbons (Fsp3) is 0.714. The fourth-order valence-corrected chi connectivity index (χ4v) is 3.04. The normalized spacial score (nSPS) is 11.4. The standard InChI is InChI=1S/C14H25BrN4S/c1-5-8-16-13-17-9-11(15)12(19-13)18-10-14(6-2,7-3)20-4/h9H,5-8,10H2,1-4H3,(H2,16,17,18,19). The molecule has 0 aliphatic rings. The molecule has 0 amide bonds. The molecule has 0 bridgehead atoms. The minimum Gasteiger partial charge on any atom is -0.368 e. The van der Waals surface area contributed by atoms with Gasteiger partial charge < -0.3 is 10.6 Å². The average Bonchev–Trinajstić information content (AvgIpc) is 2.49. The van der Waals surface area contributed by atoms with E-state index in [2.05, 4.69) is 63.6 Å². The van der Waals surface area contributed by atoms with Crippen molar-refractivity contribution in [2.24, 2.45) is 0 Å². The van der Waals surface area contributed by atoms with E-state index >= 15 is 0 Å². The Kier molecular flexibility index (Phi) is 7.66. The second-order valence-electron chi connectivity index (χ2n) is 4.76. The van der Waals surface area contributed by atoms with Gasteiger partial charge in [-0.3, -0.25) is 0 Å². The highest BCUT2D eigenvalue weighted by atomic mass is 79.9. The zero-order chi connectivity index (χ0) is 15.0. The maximum Gasteiger partial charge on any atom is 0.224 e. The molecule has 1 aromatic rings. The minimum atomic E-state index is 0.265. The number of hydrogen-bond acceptors (Lipinski definition) is 5. The van der Waals surface area contributed by atoms with Crippen LogP contribution in [0.25, 0.3) is 0 Å². The smallest absolute Gasteiger partial charge is 0.224 e. The summed E-state index contributed by atoms with van der Waals surface area (Å²) < 4.78 is 1.17. The summed E-state index contributed by atoms with van der Waals surface area (Å²) in [6, 6.07) is 0. The minimum absolute atomic E-state index is 0.265. The van der Waals surface area contributed by atoms with E-state index in [1.807, 2.05) is 11.8 Å². The summed E-state index contributed by atoms with van der Waals surface area (Å²) in [6.45, 7) is 8.40. The molecule has 1 heterocycles. The molecule has 0 saturated heterocycles. The molecule has 0 unspecified atom stereocenters. The average molecular weight is 361 g/mol. The first-order chi connectivity index (χ1) is 9.60. The van der Waals surface area contributed by atoms with E-state index in [0.29, 0.717) is 5.95 Å². The van der Waals surface area contributed by atoms with Gasteiger partial charge in [-0.05, 0) is 41.4 Å². The van der Waals surface area contributed by atoms with Gasteiger partial charge in [0.1, 0.15) is 5.82 Å². The topological polar surface area (TPSA) is 49.8 Å². The Hall–Kier alpha value is -0.490. The van der Waals surface area contributed by atoms with Crippen LogP contribution in [0.15, 0.2) is 10.7 Å². The number of rotatable bonds is 9. The van der Waals surface area contributed by atoms with Gasteiger partial charge in [0.25, 0.3) is 0 Å². The number of aromatic nitrogens is 2. The molecule has 0 saturated carbocycles. The van der Waals surface area contributed by atoms with Crippen LogP contribution in [0.4, 0.5) is 11.8 Å². The van der Waals surface area contributed by atoms with Crippen LogP contribution in [-0.2, 0) is 0 Å². The Morgan fingerprint density at radius 3 is 2.50 bits per heavy atom. The molecule has 20 heavy (non-hydrogen) atoms. The van der Waals surface area contributed by atoms with Crippen molar-refractivity contribution in [2.75, 3.05) is 30.0 Å². The molecule has 6 heteroatoms. The van der Waals surface area contributed by atoms with E-state index in [1.54, 1.807) is 6.20 Å². The number of nitrogens with one attached hydrogen (secondary N) is 2. The van der Waals surface area contributed by atoms with E-state index < -0.39 is 0 Å². The van der Waals surface area contributed by atoms with Crippen molar-refractivity contribution in [1.82, 2.24) is 9.97 Å². The van der Waals surface area contributed by atoms with Crippen molar-refractivity contribution >= 4 is 39.5 Å². The molecule has 0 fully saturated rings. The third kappa shape index (κ3) is 4.81. The quantitative estimate of drug-likeness (QED) is 0.683. The second-order valence-corrected chi connectivity index (χ2v) is 6.89. The zero-order valence-electron chi connectivity index (χ0n) is 12.8. The molecular weight excluding hydrogens is 336 g/mol. The maximum atomic E-state index is 4.53. The van der Waals surface area contributed by atoms with Gasteiger partial charge in [0, 0.05) is 24.0 Å². The first kappa shape index (κ1) is 17.6. The van der Waals surface area contributed by atoms with Crippen LogP contribution in [-0.4, -0.2) is 34.1 Å². The van der Waals surface area contributed by atoms with E-state index in [-0.39, 0.29) is 4.75 Å². The van der Waals surface area contributed by atoms with Gasteiger partial charge in [-0.15, -0.1) is 0 Å². The van der Waals surface area contributed by atoms with Gasteiger partial charge in [-0.2, -0.15) is 16.7 Å². The summed E-state index contributed by atoms with van der Waals surface area (Å²) in [7, 11) is 0. The van der Waals surface area contributed by atoms with Crippen molar-refractivity contribution in [3.8, 4) is 0 Å². The summed E-state index contributed by atoms with van der Waals surface area (Å²) in [5.74, 6) is 1.54. The van der Waals surface area contributed by atoms with Gasteiger partial charge in [-0.1, -0.05) is 20.8 Å². The van der Waals surface area contributed by atoms with Gasteiger partial charge in [0.2, 0.25) is 5.95 Å². The molecule has 0 aromatic carbocycles. The highest BCUT2D eigenvalue weighted by Crippen LogP contribution is 2.31. The molecular formula is C14H25BrN4S. The van der Waals surface area contributed by atoms with Crippen LogP contribution in [0.2, 0.25) is 0 Å². The van der Waals surface area contributed by atoms with Crippen molar-refractivity contribution < 1.29 is 0 Å². The van der Waals surface area contributed by atoms with Gasteiger partial charge in [0.05, 0.1) is 4.47 Å². The van der Waals surface area contributed by atoms with E-state index in [9.17, 15) is 0 Å².